The molecule has 0 aromatic rings. The second-order valence-corrected chi connectivity index (χ2v) is 5.00. The van der Waals surface area contributed by atoms with Crippen molar-refractivity contribution in [1.29, 1.82) is 0 Å². The zero-order chi connectivity index (χ0) is 12.7. The van der Waals surface area contributed by atoms with Crippen molar-refractivity contribution in [3.05, 3.63) is 0 Å². The van der Waals surface area contributed by atoms with Crippen LogP contribution in [0, 0.1) is 5.92 Å². The maximum atomic E-state index is 11.8. The van der Waals surface area contributed by atoms with Gasteiger partial charge in [0, 0.05) is 18.5 Å². The van der Waals surface area contributed by atoms with Crippen LogP contribution in [-0.4, -0.2) is 43.0 Å². The Kier molecular flexibility index (Phi) is 6.52. The summed E-state index contributed by atoms with van der Waals surface area (Å²) >= 11 is 0. The summed E-state index contributed by atoms with van der Waals surface area (Å²) in [5, 5.41) is 3.08. The highest BCUT2D eigenvalue weighted by Gasteiger charge is 2.23. The van der Waals surface area contributed by atoms with Crippen molar-refractivity contribution in [2.75, 3.05) is 26.2 Å². The van der Waals surface area contributed by atoms with Gasteiger partial charge in [0.15, 0.2) is 0 Å². The van der Waals surface area contributed by atoms with Crippen LogP contribution in [0.25, 0.3) is 0 Å². The van der Waals surface area contributed by atoms with Crippen molar-refractivity contribution >= 4 is 5.91 Å². The third-order valence-corrected chi connectivity index (χ3v) is 3.71. The molecular weight excluding hydrogens is 214 g/mol. The standard InChI is InChI=1S/C13H27N3O/c1-3-16-9-5-7-12(16)10-15-13(17)11(2)6-4-8-14/h11-12H,3-10,14H2,1-2H3,(H,15,17). The largest absolute Gasteiger partial charge is 0.354 e. The van der Waals surface area contributed by atoms with Gasteiger partial charge in [0.1, 0.15) is 0 Å². The van der Waals surface area contributed by atoms with Crippen LogP contribution >= 0.6 is 0 Å². The summed E-state index contributed by atoms with van der Waals surface area (Å²) in [6.07, 6.45) is 4.30. The zero-order valence-corrected chi connectivity index (χ0v) is 11.2. The van der Waals surface area contributed by atoms with E-state index in [2.05, 4.69) is 17.1 Å². The van der Waals surface area contributed by atoms with Crippen molar-refractivity contribution in [3.63, 3.8) is 0 Å². The number of nitrogens with one attached hydrogen (secondary N) is 1. The van der Waals surface area contributed by atoms with Gasteiger partial charge in [-0.1, -0.05) is 13.8 Å². The number of nitrogens with two attached hydrogens (primary N) is 1. The fourth-order valence-electron chi connectivity index (χ4n) is 2.49. The molecule has 4 nitrogen and oxygen atoms in total. The van der Waals surface area contributed by atoms with Gasteiger partial charge in [-0.25, -0.2) is 0 Å². The third kappa shape index (κ3) is 4.64. The Morgan fingerprint density at radius 2 is 2.35 bits per heavy atom. The molecule has 0 spiro atoms. The molecule has 0 radical (unpaired) electrons. The molecule has 1 fully saturated rings. The van der Waals surface area contributed by atoms with Crippen LogP contribution in [0.1, 0.15) is 39.5 Å². The van der Waals surface area contributed by atoms with Gasteiger partial charge in [0.25, 0.3) is 0 Å². The molecule has 17 heavy (non-hydrogen) atoms. The van der Waals surface area contributed by atoms with Gasteiger partial charge < -0.3 is 11.1 Å². The molecule has 1 heterocycles. The second kappa shape index (κ2) is 7.67. The van der Waals surface area contributed by atoms with Crippen LogP contribution in [0.3, 0.4) is 0 Å². The van der Waals surface area contributed by atoms with Crippen LogP contribution < -0.4 is 11.1 Å². The molecule has 3 N–H and O–H groups in total. The van der Waals surface area contributed by atoms with E-state index in [1.165, 1.54) is 19.4 Å². The van der Waals surface area contributed by atoms with Crippen molar-refractivity contribution in [3.8, 4) is 0 Å². The van der Waals surface area contributed by atoms with Gasteiger partial charge in [0.05, 0.1) is 0 Å². The zero-order valence-electron chi connectivity index (χ0n) is 11.2. The van der Waals surface area contributed by atoms with Crippen molar-refractivity contribution < 1.29 is 4.79 Å². The molecule has 1 aliphatic rings. The molecule has 0 bridgehead atoms. The number of nitrogens with zero attached hydrogens (tertiary/aromatic N) is 1. The molecule has 1 amide bonds. The van der Waals surface area contributed by atoms with Gasteiger partial charge in [-0.05, 0) is 45.3 Å². The molecule has 0 aliphatic carbocycles. The minimum Gasteiger partial charge on any atom is -0.354 e. The van der Waals surface area contributed by atoms with Crippen molar-refractivity contribution in [1.82, 2.24) is 10.2 Å². The lowest BCUT2D eigenvalue weighted by atomic mass is 10.0. The maximum absolute atomic E-state index is 11.8. The van der Waals surface area contributed by atoms with Crippen LogP contribution in [0.2, 0.25) is 0 Å². The Bertz CT molecular complexity index is 233. The average Bonchev–Trinajstić information content (AvgIpc) is 2.80. The first-order valence-corrected chi connectivity index (χ1v) is 6.90. The molecule has 1 aliphatic heterocycles. The van der Waals surface area contributed by atoms with Gasteiger partial charge >= 0.3 is 0 Å². The Hall–Kier alpha value is -0.610. The molecule has 1 rings (SSSR count). The van der Waals surface area contributed by atoms with Crippen molar-refractivity contribution in [2.24, 2.45) is 11.7 Å². The first-order valence-electron chi connectivity index (χ1n) is 6.90. The molecule has 2 unspecified atom stereocenters. The highest BCUT2D eigenvalue weighted by molar-refractivity contribution is 5.78. The molecule has 100 valence electrons. The Morgan fingerprint density at radius 1 is 1.59 bits per heavy atom. The topological polar surface area (TPSA) is 58.4 Å². The summed E-state index contributed by atoms with van der Waals surface area (Å²) in [5.74, 6) is 0.274. The van der Waals surface area contributed by atoms with E-state index in [0.29, 0.717) is 12.6 Å². The smallest absolute Gasteiger partial charge is 0.222 e. The Labute approximate surface area is 105 Å². The lowest BCUT2D eigenvalue weighted by Crippen LogP contribution is -2.41. The quantitative estimate of drug-likeness (QED) is 0.698. The second-order valence-electron chi connectivity index (χ2n) is 5.00. The number of likely N-dealkylation sites (tertiary alicyclic amines) is 1. The summed E-state index contributed by atoms with van der Waals surface area (Å²) in [7, 11) is 0. The normalized spacial score (nSPS) is 22.6. The number of carbonyl (C=O) groups excluding carboxylic acids is 1. The van der Waals surface area contributed by atoms with E-state index in [9.17, 15) is 4.79 Å². The van der Waals surface area contributed by atoms with Crippen molar-refractivity contribution in [2.45, 2.75) is 45.6 Å². The first kappa shape index (κ1) is 14.5. The van der Waals surface area contributed by atoms with Crippen LogP contribution in [0.4, 0.5) is 0 Å². The van der Waals surface area contributed by atoms with Gasteiger partial charge in [-0.2, -0.15) is 0 Å². The number of hydrogen-bond acceptors (Lipinski definition) is 3. The predicted octanol–water partition coefficient (Wildman–Crippen LogP) is 0.962. The molecular formula is C13H27N3O. The Morgan fingerprint density at radius 3 is 3.00 bits per heavy atom. The van der Waals surface area contributed by atoms with E-state index in [4.69, 9.17) is 5.73 Å². The lowest BCUT2D eigenvalue weighted by Gasteiger charge is -2.23. The minimum absolute atomic E-state index is 0.0926. The van der Waals surface area contributed by atoms with Crippen LogP contribution in [0.5, 0.6) is 0 Å². The fraction of sp³-hybridized carbons (Fsp3) is 0.923. The van der Waals surface area contributed by atoms with E-state index >= 15 is 0 Å². The number of rotatable bonds is 7. The monoisotopic (exact) mass is 241 g/mol. The average molecular weight is 241 g/mol. The number of likely N-dealkylation sites (N-methyl/N-ethyl adjacent to an activating group) is 1. The van der Waals surface area contributed by atoms with E-state index in [1.54, 1.807) is 0 Å². The highest BCUT2D eigenvalue weighted by Crippen LogP contribution is 2.15. The molecule has 0 aromatic carbocycles. The van der Waals surface area contributed by atoms with Gasteiger partial charge in [-0.15, -0.1) is 0 Å². The molecule has 0 aromatic heterocycles. The summed E-state index contributed by atoms with van der Waals surface area (Å²) < 4.78 is 0. The summed E-state index contributed by atoms with van der Waals surface area (Å²) in [4.78, 5) is 14.3. The Balaban J connectivity index is 2.22. The van der Waals surface area contributed by atoms with E-state index in [0.717, 1.165) is 25.9 Å². The number of carbonyl (C=O) groups is 1. The lowest BCUT2D eigenvalue weighted by molar-refractivity contribution is -0.124. The number of hydrogen-bond donors (Lipinski definition) is 2. The van der Waals surface area contributed by atoms with Gasteiger partial charge in [0.2, 0.25) is 5.91 Å². The third-order valence-electron chi connectivity index (χ3n) is 3.71. The summed E-state index contributed by atoms with van der Waals surface area (Å²) in [6.45, 7) is 7.91. The van der Waals surface area contributed by atoms with Crippen LogP contribution in [0.15, 0.2) is 0 Å². The minimum atomic E-state index is 0.0926. The van der Waals surface area contributed by atoms with E-state index in [-0.39, 0.29) is 11.8 Å². The van der Waals surface area contributed by atoms with E-state index in [1.807, 2.05) is 6.92 Å². The SMILES string of the molecule is CCN1CCCC1CNC(=O)C(C)CCCN. The van der Waals surface area contributed by atoms with E-state index < -0.39 is 0 Å². The highest BCUT2D eigenvalue weighted by atomic mass is 16.1. The predicted molar refractivity (Wildman–Crippen MR) is 70.7 cm³/mol. The summed E-state index contributed by atoms with van der Waals surface area (Å²) in [5.41, 5.74) is 5.45. The summed E-state index contributed by atoms with van der Waals surface area (Å²) in [6, 6.07) is 0.547. The first-order chi connectivity index (χ1) is 8.19. The molecule has 4 heteroatoms. The fourth-order valence-corrected chi connectivity index (χ4v) is 2.49. The molecule has 2 atom stereocenters. The van der Waals surface area contributed by atoms with Crippen LogP contribution in [-0.2, 0) is 4.79 Å². The molecule has 0 saturated carbocycles. The number of amides is 1. The molecule has 1 saturated heterocycles. The maximum Gasteiger partial charge on any atom is 0.222 e. The van der Waals surface area contributed by atoms with Gasteiger partial charge in [-0.3, -0.25) is 9.69 Å².